The Morgan fingerprint density at radius 2 is 1.88 bits per heavy atom. The number of aliphatic imine (C=N–C) groups is 1. The molecule has 0 saturated carbocycles. The number of nitrogens with zero attached hydrogens (tertiary/aromatic N) is 2. The van der Waals surface area contributed by atoms with Crippen molar-refractivity contribution in [3.8, 4) is 11.5 Å². The Balaban J connectivity index is 1.62. The van der Waals surface area contributed by atoms with Crippen molar-refractivity contribution in [2.24, 2.45) is 4.99 Å². The first kappa shape index (κ1) is 17.2. The summed E-state index contributed by atoms with van der Waals surface area (Å²) in [6.45, 7) is 3.71. The molecule has 0 spiro atoms. The van der Waals surface area contributed by atoms with Gasteiger partial charge in [0.15, 0.2) is 16.7 Å². The Bertz CT molecular complexity index is 870. The van der Waals surface area contributed by atoms with Crippen LogP contribution in [0.1, 0.15) is 17.3 Å². The number of amidine groups is 1. The fourth-order valence-corrected chi connectivity index (χ4v) is 3.98. The van der Waals surface area contributed by atoms with E-state index in [0.29, 0.717) is 47.0 Å². The van der Waals surface area contributed by atoms with Gasteiger partial charge in [-0.05, 0) is 42.5 Å². The van der Waals surface area contributed by atoms with Crippen LogP contribution in [-0.2, 0) is 0 Å². The number of carbonyl (C=O) groups excluding carboxylic acids is 1. The minimum Gasteiger partial charge on any atom is -0.486 e. The molecule has 1 amide bonds. The van der Waals surface area contributed by atoms with E-state index in [1.54, 1.807) is 47.0 Å². The number of hydrogen-bond acceptors (Lipinski definition) is 5. The van der Waals surface area contributed by atoms with Crippen LogP contribution in [0.5, 0.6) is 11.5 Å². The van der Waals surface area contributed by atoms with Crippen molar-refractivity contribution in [1.82, 2.24) is 4.90 Å². The third kappa shape index (κ3) is 3.52. The summed E-state index contributed by atoms with van der Waals surface area (Å²) in [5.74, 6) is 1.19. The van der Waals surface area contributed by atoms with Gasteiger partial charge in [-0.15, -0.1) is 0 Å². The topological polar surface area (TPSA) is 51.1 Å². The first-order chi connectivity index (χ1) is 12.6. The van der Waals surface area contributed by atoms with E-state index in [2.05, 4.69) is 11.9 Å². The van der Waals surface area contributed by atoms with Crippen molar-refractivity contribution in [2.75, 3.05) is 19.8 Å². The maximum Gasteiger partial charge on any atom is 0.260 e. The van der Waals surface area contributed by atoms with Gasteiger partial charge in [-0.1, -0.05) is 30.3 Å². The average molecular weight is 389 g/mol. The van der Waals surface area contributed by atoms with Crippen molar-refractivity contribution >= 4 is 40.1 Å². The first-order valence-corrected chi connectivity index (χ1v) is 9.58. The molecule has 1 fully saturated rings. The van der Waals surface area contributed by atoms with E-state index >= 15 is 0 Å². The molecule has 0 aliphatic carbocycles. The van der Waals surface area contributed by atoms with E-state index < -0.39 is 0 Å². The second kappa shape index (κ2) is 7.21. The molecule has 0 bridgehead atoms. The molecule has 1 saturated heterocycles. The number of carbonyl (C=O) groups is 1. The standard InChI is InChI=1S/C19H17ClN2O3S/c1-12-11-22(19(26-12)21-15-5-3-14(20)4-6-15)18(23)13-2-7-16-17(10-13)25-9-8-24-16/h2-7,10,12H,8-9,11H2,1H3. The molecule has 0 N–H and O–H groups in total. The SMILES string of the molecule is CC1CN(C(=O)c2ccc3c(c2)OCCO3)C(=Nc2ccc(Cl)cc2)S1. The molecule has 7 heteroatoms. The van der Waals surface area contributed by atoms with E-state index in [9.17, 15) is 4.79 Å². The van der Waals surface area contributed by atoms with Crippen LogP contribution in [0.15, 0.2) is 47.5 Å². The summed E-state index contributed by atoms with van der Waals surface area (Å²) in [7, 11) is 0. The number of rotatable bonds is 2. The predicted octanol–water partition coefficient (Wildman–Crippen LogP) is 4.38. The zero-order valence-electron chi connectivity index (χ0n) is 14.1. The van der Waals surface area contributed by atoms with Crippen LogP contribution in [0.4, 0.5) is 5.69 Å². The quantitative estimate of drug-likeness (QED) is 0.766. The molecule has 5 nitrogen and oxygen atoms in total. The summed E-state index contributed by atoms with van der Waals surface area (Å²) in [6, 6.07) is 12.5. The van der Waals surface area contributed by atoms with Gasteiger partial charge in [0.2, 0.25) is 0 Å². The lowest BCUT2D eigenvalue weighted by Gasteiger charge is -2.20. The molecule has 2 aliphatic heterocycles. The van der Waals surface area contributed by atoms with Crippen molar-refractivity contribution in [2.45, 2.75) is 12.2 Å². The largest absolute Gasteiger partial charge is 0.486 e. The summed E-state index contributed by atoms with van der Waals surface area (Å²) in [5.41, 5.74) is 1.33. The molecule has 2 heterocycles. The van der Waals surface area contributed by atoms with E-state index in [1.807, 2.05) is 12.1 Å². The Hall–Kier alpha value is -2.18. The number of benzene rings is 2. The second-order valence-corrected chi connectivity index (χ2v) is 7.92. The van der Waals surface area contributed by atoms with Crippen LogP contribution < -0.4 is 9.47 Å². The van der Waals surface area contributed by atoms with E-state index in [1.165, 1.54) is 0 Å². The zero-order chi connectivity index (χ0) is 18.1. The molecule has 134 valence electrons. The number of ether oxygens (including phenoxy) is 2. The maximum atomic E-state index is 13.0. The van der Waals surface area contributed by atoms with E-state index in [-0.39, 0.29) is 11.2 Å². The molecular formula is C19H17ClN2O3S. The Morgan fingerprint density at radius 1 is 1.15 bits per heavy atom. The number of halogens is 1. The predicted molar refractivity (Wildman–Crippen MR) is 104 cm³/mol. The second-order valence-electron chi connectivity index (χ2n) is 6.07. The van der Waals surface area contributed by atoms with Crippen LogP contribution >= 0.6 is 23.4 Å². The molecule has 2 aliphatic rings. The lowest BCUT2D eigenvalue weighted by atomic mass is 10.1. The van der Waals surface area contributed by atoms with Crippen LogP contribution in [0.25, 0.3) is 0 Å². The van der Waals surface area contributed by atoms with Gasteiger partial charge in [0.1, 0.15) is 13.2 Å². The Kier molecular flexibility index (Phi) is 4.78. The van der Waals surface area contributed by atoms with Gasteiger partial charge in [0, 0.05) is 22.4 Å². The van der Waals surface area contributed by atoms with Crippen molar-refractivity contribution < 1.29 is 14.3 Å². The minimum atomic E-state index is -0.0912. The molecular weight excluding hydrogens is 372 g/mol. The highest BCUT2D eigenvalue weighted by molar-refractivity contribution is 8.14. The van der Waals surface area contributed by atoms with Crippen LogP contribution in [0, 0.1) is 0 Å². The fraction of sp³-hybridized carbons (Fsp3) is 0.263. The normalized spacial score (nSPS) is 20.5. The summed E-state index contributed by atoms with van der Waals surface area (Å²) in [5, 5.41) is 1.63. The number of amides is 1. The van der Waals surface area contributed by atoms with Gasteiger partial charge in [-0.25, -0.2) is 4.99 Å². The summed E-state index contributed by atoms with van der Waals surface area (Å²) in [6.07, 6.45) is 0. The highest BCUT2D eigenvalue weighted by atomic mass is 35.5. The first-order valence-electron chi connectivity index (χ1n) is 8.32. The molecule has 0 radical (unpaired) electrons. The molecule has 2 aromatic carbocycles. The zero-order valence-corrected chi connectivity index (χ0v) is 15.7. The number of fused-ring (bicyclic) bond motifs is 1. The molecule has 1 unspecified atom stereocenters. The molecule has 0 aromatic heterocycles. The monoisotopic (exact) mass is 388 g/mol. The highest BCUT2D eigenvalue weighted by Gasteiger charge is 2.32. The van der Waals surface area contributed by atoms with Gasteiger partial charge >= 0.3 is 0 Å². The lowest BCUT2D eigenvalue weighted by molar-refractivity contribution is 0.0854. The highest BCUT2D eigenvalue weighted by Crippen LogP contribution is 2.33. The lowest BCUT2D eigenvalue weighted by Crippen LogP contribution is -2.32. The number of thioether (sulfide) groups is 1. The van der Waals surface area contributed by atoms with Crippen LogP contribution in [0.3, 0.4) is 0 Å². The molecule has 2 aromatic rings. The van der Waals surface area contributed by atoms with Crippen molar-refractivity contribution in [3.05, 3.63) is 53.1 Å². The van der Waals surface area contributed by atoms with E-state index in [4.69, 9.17) is 21.1 Å². The molecule has 26 heavy (non-hydrogen) atoms. The Morgan fingerprint density at radius 3 is 2.65 bits per heavy atom. The molecule has 1 atom stereocenters. The van der Waals surface area contributed by atoms with Crippen LogP contribution in [0.2, 0.25) is 5.02 Å². The van der Waals surface area contributed by atoms with Gasteiger partial charge in [0.25, 0.3) is 5.91 Å². The summed E-state index contributed by atoms with van der Waals surface area (Å²) in [4.78, 5) is 19.4. The van der Waals surface area contributed by atoms with Gasteiger partial charge in [0.05, 0.1) is 5.69 Å². The van der Waals surface area contributed by atoms with Gasteiger partial charge in [-0.2, -0.15) is 0 Å². The van der Waals surface area contributed by atoms with E-state index in [0.717, 1.165) is 5.69 Å². The minimum absolute atomic E-state index is 0.0912. The Labute approximate surface area is 161 Å². The van der Waals surface area contributed by atoms with Gasteiger partial charge in [-0.3, -0.25) is 9.69 Å². The number of hydrogen-bond donors (Lipinski definition) is 0. The van der Waals surface area contributed by atoms with Crippen LogP contribution in [-0.4, -0.2) is 41.0 Å². The third-order valence-electron chi connectivity index (χ3n) is 4.06. The third-order valence-corrected chi connectivity index (χ3v) is 5.39. The van der Waals surface area contributed by atoms with Crippen molar-refractivity contribution in [3.63, 3.8) is 0 Å². The summed E-state index contributed by atoms with van der Waals surface area (Å²) >= 11 is 7.52. The fourth-order valence-electron chi connectivity index (χ4n) is 2.83. The maximum absolute atomic E-state index is 13.0. The summed E-state index contributed by atoms with van der Waals surface area (Å²) < 4.78 is 11.1. The smallest absolute Gasteiger partial charge is 0.260 e. The van der Waals surface area contributed by atoms with Crippen molar-refractivity contribution in [1.29, 1.82) is 0 Å². The van der Waals surface area contributed by atoms with Gasteiger partial charge < -0.3 is 9.47 Å². The average Bonchev–Trinajstić information content (AvgIpc) is 3.02. The molecule has 4 rings (SSSR count).